The van der Waals surface area contributed by atoms with E-state index in [2.05, 4.69) is 5.32 Å². The Bertz CT molecular complexity index is 598. The van der Waals surface area contributed by atoms with E-state index in [1.807, 2.05) is 6.92 Å². The molecule has 6 heteroatoms. The molecule has 0 radical (unpaired) electrons. The fourth-order valence-corrected chi connectivity index (χ4v) is 1.88. The van der Waals surface area contributed by atoms with Gasteiger partial charge in [0.15, 0.2) is 5.76 Å². The summed E-state index contributed by atoms with van der Waals surface area (Å²) in [5.41, 5.74) is 0. The number of aromatic hydroxyl groups is 1. The number of benzene rings is 1. The van der Waals surface area contributed by atoms with Crippen molar-refractivity contribution in [3.63, 3.8) is 0 Å². The third kappa shape index (κ3) is 4.43. The summed E-state index contributed by atoms with van der Waals surface area (Å²) in [6, 6.07) is 7.86. The number of carbonyl (C=O) groups is 1. The molecule has 1 unspecified atom stereocenters. The van der Waals surface area contributed by atoms with Crippen molar-refractivity contribution in [2.45, 2.75) is 19.4 Å². The minimum Gasteiger partial charge on any atom is -0.506 e. The molecule has 1 atom stereocenters. The smallest absolute Gasteiger partial charge is 0.287 e. The number of phenols is 1. The predicted molar refractivity (Wildman–Crippen MR) is 78.9 cm³/mol. The van der Waals surface area contributed by atoms with Crippen LogP contribution in [-0.4, -0.2) is 23.7 Å². The molecule has 1 amide bonds. The van der Waals surface area contributed by atoms with Gasteiger partial charge in [0.05, 0.1) is 17.9 Å². The summed E-state index contributed by atoms with van der Waals surface area (Å²) >= 11 is 5.78. The molecule has 0 aliphatic rings. The lowest BCUT2D eigenvalue weighted by Gasteiger charge is -2.13. The standard InChI is InChI=1S/C15H16ClNO4/c1-10(17-15(19)14-3-2-7-21-14)6-8-20-11-4-5-13(18)12(16)9-11/h2-5,7,9-10,18H,6,8H2,1H3,(H,17,19). The minimum atomic E-state index is -0.250. The molecule has 2 aromatic rings. The molecule has 0 fully saturated rings. The molecule has 1 aromatic carbocycles. The summed E-state index contributed by atoms with van der Waals surface area (Å²) in [4.78, 5) is 11.7. The monoisotopic (exact) mass is 309 g/mol. The van der Waals surface area contributed by atoms with E-state index in [9.17, 15) is 9.90 Å². The van der Waals surface area contributed by atoms with Crippen LogP contribution in [-0.2, 0) is 0 Å². The number of phenolic OH excluding ortho intramolecular Hbond substituents is 1. The van der Waals surface area contributed by atoms with Gasteiger partial charge in [-0.2, -0.15) is 0 Å². The van der Waals surface area contributed by atoms with Gasteiger partial charge in [0.2, 0.25) is 0 Å². The number of hydrogen-bond acceptors (Lipinski definition) is 4. The SMILES string of the molecule is CC(CCOc1ccc(O)c(Cl)c1)NC(=O)c1ccco1. The number of amides is 1. The highest BCUT2D eigenvalue weighted by Crippen LogP contribution is 2.27. The summed E-state index contributed by atoms with van der Waals surface area (Å²) in [7, 11) is 0. The molecule has 1 heterocycles. The molecule has 0 bridgehead atoms. The molecule has 2 N–H and O–H groups in total. The van der Waals surface area contributed by atoms with Crippen molar-refractivity contribution < 1.29 is 19.1 Å². The Hall–Kier alpha value is -2.14. The summed E-state index contributed by atoms with van der Waals surface area (Å²) in [6.07, 6.45) is 2.09. The second-order valence-electron chi connectivity index (χ2n) is 4.60. The van der Waals surface area contributed by atoms with Gasteiger partial charge < -0.3 is 19.6 Å². The van der Waals surface area contributed by atoms with E-state index in [0.717, 1.165) is 0 Å². The van der Waals surface area contributed by atoms with Crippen LogP contribution in [0.3, 0.4) is 0 Å². The molecule has 21 heavy (non-hydrogen) atoms. The first kappa shape index (κ1) is 15.3. The van der Waals surface area contributed by atoms with Gasteiger partial charge in [-0.1, -0.05) is 11.6 Å². The van der Waals surface area contributed by atoms with Crippen LogP contribution in [0.25, 0.3) is 0 Å². The van der Waals surface area contributed by atoms with Gasteiger partial charge in [0.1, 0.15) is 11.5 Å². The molecular formula is C15H16ClNO4. The third-order valence-corrected chi connectivity index (χ3v) is 3.16. The molecule has 0 saturated carbocycles. The number of ether oxygens (including phenoxy) is 1. The molecule has 0 aliphatic heterocycles. The van der Waals surface area contributed by atoms with Gasteiger partial charge in [-0.05, 0) is 31.2 Å². The lowest BCUT2D eigenvalue weighted by molar-refractivity contribution is 0.0907. The first-order chi connectivity index (χ1) is 10.1. The number of halogens is 1. The molecule has 112 valence electrons. The van der Waals surface area contributed by atoms with Gasteiger partial charge in [-0.25, -0.2) is 0 Å². The van der Waals surface area contributed by atoms with E-state index in [4.69, 9.17) is 20.8 Å². The Morgan fingerprint density at radius 3 is 2.95 bits per heavy atom. The third-order valence-electron chi connectivity index (χ3n) is 2.86. The van der Waals surface area contributed by atoms with Crippen molar-refractivity contribution in [1.82, 2.24) is 5.32 Å². The minimum absolute atomic E-state index is 0.0168. The van der Waals surface area contributed by atoms with E-state index < -0.39 is 0 Å². The molecule has 0 aliphatic carbocycles. The highest BCUT2D eigenvalue weighted by Gasteiger charge is 2.12. The average molecular weight is 310 g/mol. The Morgan fingerprint density at radius 2 is 2.29 bits per heavy atom. The number of furan rings is 1. The molecular weight excluding hydrogens is 294 g/mol. The van der Waals surface area contributed by atoms with Crippen molar-refractivity contribution >= 4 is 17.5 Å². The summed E-state index contributed by atoms with van der Waals surface area (Å²) in [5.74, 6) is 0.624. The molecule has 0 saturated heterocycles. The summed E-state index contributed by atoms with van der Waals surface area (Å²) in [6.45, 7) is 2.30. The number of nitrogens with one attached hydrogen (secondary N) is 1. The van der Waals surface area contributed by atoms with Crippen molar-refractivity contribution in [3.8, 4) is 11.5 Å². The van der Waals surface area contributed by atoms with Gasteiger partial charge in [-0.15, -0.1) is 0 Å². The van der Waals surface area contributed by atoms with Crippen molar-refractivity contribution in [2.75, 3.05) is 6.61 Å². The first-order valence-corrected chi connectivity index (χ1v) is 6.89. The predicted octanol–water partition coefficient (Wildman–Crippen LogP) is 3.23. The van der Waals surface area contributed by atoms with Crippen LogP contribution < -0.4 is 10.1 Å². The van der Waals surface area contributed by atoms with Crippen LogP contribution in [0.15, 0.2) is 41.0 Å². The van der Waals surface area contributed by atoms with Gasteiger partial charge >= 0.3 is 0 Å². The Labute approximate surface area is 127 Å². The van der Waals surface area contributed by atoms with Crippen LogP contribution >= 0.6 is 11.6 Å². The zero-order chi connectivity index (χ0) is 15.2. The maximum Gasteiger partial charge on any atom is 0.287 e. The largest absolute Gasteiger partial charge is 0.506 e. The summed E-state index contributed by atoms with van der Waals surface area (Å²) < 4.78 is 10.5. The number of hydrogen-bond donors (Lipinski definition) is 2. The topological polar surface area (TPSA) is 71.7 Å². The molecule has 2 rings (SSSR count). The molecule has 1 aromatic heterocycles. The van der Waals surface area contributed by atoms with E-state index in [1.54, 1.807) is 24.3 Å². The quantitative estimate of drug-likeness (QED) is 0.859. The van der Waals surface area contributed by atoms with Crippen molar-refractivity contribution in [2.24, 2.45) is 0 Å². The summed E-state index contributed by atoms with van der Waals surface area (Å²) in [5, 5.41) is 12.4. The first-order valence-electron chi connectivity index (χ1n) is 6.52. The lowest BCUT2D eigenvalue weighted by Crippen LogP contribution is -2.33. The second-order valence-corrected chi connectivity index (χ2v) is 5.01. The van der Waals surface area contributed by atoms with Crippen LogP contribution in [0.5, 0.6) is 11.5 Å². The van der Waals surface area contributed by atoms with Crippen LogP contribution in [0.4, 0.5) is 0 Å². The van der Waals surface area contributed by atoms with E-state index in [-0.39, 0.29) is 28.5 Å². The highest BCUT2D eigenvalue weighted by atomic mass is 35.5. The zero-order valence-electron chi connectivity index (χ0n) is 11.5. The van der Waals surface area contributed by atoms with Crippen LogP contribution in [0, 0.1) is 0 Å². The Balaban J connectivity index is 1.75. The number of rotatable bonds is 6. The van der Waals surface area contributed by atoms with E-state index in [0.29, 0.717) is 18.8 Å². The average Bonchev–Trinajstić information content (AvgIpc) is 2.97. The molecule has 0 spiro atoms. The van der Waals surface area contributed by atoms with E-state index in [1.165, 1.54) is 12.3 Å². The normalized spacial score (nSPS) is 11.9. The lowest BCUT2D eigenvalue weighted by atomic mass is 10.2. The number of carbonyl (C=O) groups excluding carboxylic acids is 1. The molecule has 5 nitrogen and oxygen atoms in total. The van der Waals surface area contributed by atoms with Gasteiger partial charge in [0, 0.05) is 18.5 Å². The Morgan fingerprint density at radius 1 is 1.48 bits per heavy atom. The fraction of sp³-hybridized carbons (Fsp3) is 0.267. The van der Waals surface area contributed by atoms with Gasteiger partial charge in [-0.3, -0.25) is 4.79 Å². The maximum atomic E-state index is 11.7. The van der Waals surface area contributed by atoms with Crippen molar-refractivity contribution in [3.05, 3.63) is 47.4 Å². The fourth-order valence-electron chi connectivity index (χ4n) is 1.71. The van der Waals surface area contributed by atoms with Gasteiger partial charge in [0.25, 0.3) is 5.91 Å². The second kappa shape index (κ2) is 7.04. The zero-order valence-corrected chi connectivity index (χ0v) is 12.3. The Kier molecular flexibility index (Phi) is 5.11. The highest BCUT2D eigenvalue weighted by molar-refractivity contribution is 6.32. The van der Waals surface area contributed by atoms with Crippen LogP contribution in [0.2, 0.25) is 5.02 Å². The van der Waals surface area contributed by atoms with Crippen LogP contribution in [0.1, 0.15) is 23.9 Å². The maximum absolute atomic E-state index is 11.7. The van der Waals surface area contributed by atoms with Crippen molar-refractivity contribution in [1.29, 1.82) is 0 Å². The van der Waals surface area contributed by atoms with E-state index >= 15 is 0 Å².